The molecule has 3 N–H and O–H groups in total. The average Bonchev–Trinajstić information content (AvgIpc) is 2.62. The number of hydrogen-bond donors (Lipinski definition) is 3. The molecule has 0 atom stereocenters. The van der Waals surface area contributed by atoms with Crippen LogP contribution in [0.5, 0.6) is 5.75 Å². The standard InChI is InChI=1S/C19H24N2O4/c1-2-3-13-25-19(24)21-12-6-11-20-18(23)16-10-9-14-7-4-5-8-15(14)17(16)22/h4-5,7-10,22H,2-3,6,11-13H2,1H3,(H,20,23)(H,21,24). The second-order valence-electron chi connectivity index (χ2n) is 5.71. The molecule has 0 saturated carbocycles. The van der Waals surface area contributed by atoms with Crippen LogP contribution in [0.3, 0.4) is 0 Å². The van der Waals surface area contributed by atoms with Gasteiger partial charge in [-0.3, -0.25) is 4.79 Å². The molecule has 0 aromatic heterocycles. The van der Waals surface area contributed by atoms with Gasteiger partial charge in [0.2, 0.25) is 0 Å². The highest BCUT2D eigenvalue weighted by atomic mass is 16.5. The van der Waals surface area contributed by atoms with Crippen molar-refractivity contribution in [2.24, 2.45) is 0 Å². The quantitative estimate of drug-likeness (QED) is 0.642. The summed E-state index contributed by atoms with van der Waals surface area (Å²) in [6.07, 6.45) is 1.95. The Balaban J connectivity index is 1.76. The number of hydrogen-bond acceptors (Lipinski definition) is 4. The van der Waals surface area contributed by atoms with Crippen LogP contribution in [0.15, 0.2) is 36.4 Å². The summed E-state index contributed by atoms with van der Waals surface area (Å²) in [7, 11) is 0. The molecule has 0 spiro atoms. The smallest absolute Gasteiger partial charge is 0.407 e. The van der Waals surface area contributed by atoms with Crippen molar-refractivity contribution in [3.63, 3.8) is 0 Å². The van der Waals surface area contributed by atoms with Gasteiger partial charge >= 0.3 is 6.09 Å². The summed E-state index contributed by atoms with van der Waals surface area (Å²) in [5.41, 5.74) is 0.241. The first-order valence-electron chi connectivity index (χ1n) is 8.53. The number of carbonyl (C=O) groups excluding carboxylic acids is 2. The highest BCUT2D eigenvalue weighted by Crippen LogP contribution is 2.28. The molecule has 0 radical (unpaired) electrons. The molecule has 25 heavy (non-hydrogen) atoms. The fourth-order valence-electron chi connectivity index (χ4n) is 2.37. The van der Waals surface area contributed by atoms with Crippen LogP contribution in [-0.4, -0.2) is 36.8 Å². The minimum absolute atomic E-state index is 0.0202. The zero-order valence-electron chi connectivity index (χ0n) is 14.4. The summed E-state index contributed by atoms with van der Waals surface area (Å²) in [5.74, 6) is -0.359. The Hall–Kier alpha value is -2.76. The summed E-state index contributed by atoms with van der Waals surface area (Å²) in [4.78, 5) is 23.5. The van der Waals surface area contributed by atoms with E-state index in [-0.39, 0.29) is 17.2 Å². The van der Waals surface area contributed by atoms with Crippen molar-refractivity contribution in [3.8, 4) is 5.75 Å². The number of ether oxygens (including phenoxy) is 1. The first-order chi connectivity index (χ1) is 12.1. The van der Waals surface area contributed by atoms with Gasteiger partial charge in [0.1, 0.15) is 5.75 Å². The van der Waals surface area contributed by atoms with Crippen LogP contribution in [0.1, 0.15) is 36.5 Å². The van der Waals surface area contributed by atoms with E-state index in [9.17, 15) is 14.7 Å². The Morgan fingerprint density at radius 1 is 1.04 bits per heavy atom. The van der Waals surface area contributed by atoms with Crippen molar-refractivity contribution in [1.29, 1.82) is 0 Å². The van der Waals surface area contributed by atoms with E-state index in [0.717, 1.165) is 18.2 Å². The van der Waals surface area contributed by atoms with Crippen molar-refractivity contribution in [2.75, 3.05) is 19.7 Å². The number of benzene rings is 2. The van der Waals surface area contributed by atoms with Crippen LogP contribution in [-0.2, 0) is 4.74 Å². The van der Waals surface area contributed by atoms with Crippen LogP contribution in [0.25, 0.3) is 10.8 Å². The molecule has 0 heterocycles. The maximum atomic E-state index is 12.2. The second kappa shape index (κ2) is 9.52. The molecule has 6 nitrogen and oxygen atoms in total. The molecule has 2 aromatic carbocycles. The lowest BCUT2D eigenvalue weighted by molar-refractivity contribution is 0.0951. The number of amides is 2. The number of phenols is 1. The Morgan fingerprint density at radius 2 is 1.80 bits per heavy atom. The fraction of sp³-hybridized carbons (Fsp3) is 0.368. The third kappa shape index (κ3) is 5.38. The average molecular weight is 344 g/mol. The highest BCUT2D eigenvalue weighted by molar-refractivity contribution is 6.03. The van der Waals surface area contributed by atoms with Gasteiger partial charge in [-0.2, -0.15) is 0 Å². The lowest BCUT2D eigenvalue weighted by Gasteiger charge is -2.10. The predicted octanol–water partition coefficient (Wildman–Crippen LogP) is 3.19. The summed E-state index contributed by atoms with van der Waals surface area (Å²) in [6.45, 7) is 3.24. The lowest BCUT2D eigenvalue weighted by atomic mass is 10.0. The molecular weight excluding hydrogens is 320 g/mol. The first kappa shape index (κ1) is 18.6. The maximum absolute atomic E-state index is 12.2. The third-order valence-electron chi connectivity index (χ3n) is 3.78. The normalized spacial score (nSPS) is 10.4. The molecular formula is C19H24N2O4. The number of nitrogens with one attached hydrogen (secondary N) is 2. The Kier molecular flexibility index (Phi) is 7.07. The van der Waals surface area contributed by atoms with E-state index in [0.29, 0.717) is 31.5 Å². The van der Waals surface area contributed by atoms with Crippen LogP contribution in [0.4, 0.5) is 4.79 Å². The molecule has 2 rings (SSSR count). The summed E-state index contributed by atoms with van der Waals surface area (Å²) in [6, 6.07) is 10.8. The molecule has 2 aromatic rings. The van der Waals surface area contributed by atoms with Crippen LogP contribution in [0.2, 0.25) is 0 Å². The Labute approximate surface area is 147 Å². The number of carbonyl (C=O) groups is 2. The second-order valence-corrected chi connectivity index (χ2v) is 5.71. The number of fused-ring (bicyclic) bond motifs is 1. The van der Waals surface area contributed by atoms with Gasteiger partial charge in [-0.25, -0.2) is 4.79 Å². The number of aromatic hydroxyl groups is 1. The fourth-order valence-corrected chi connectivity index (χ4v) is 2.37. The number of alkyl carbamates (subject to hydrolysis) is 1. The number of unbranched alkanes of at least 4 members (excludes halogenated alkanes) is 1. The minimum atomic E-state index is -0.438. The van der Waals surface area contributed by atoms with Gasteiger partial charge in [-0.1, -0.05) is 43.7 Å². The van der Waals surface area contributed by atoms with E-state index in [1.807, 2.05) is 25.1 Å². The number of rotatable bonds is 8. The topological polar surface area (TPSA) is 87.7 Å². The molecule has 0 aliphatic heterocycles. The SMILES string of the molecule is CCCCOC(=O)NCCCNC(=O)c1ccc2ccccc2c1O. The van der Waals surface area contributed by atoms with Gasteiger partial charge in [0, 0.05) is 18.5 Å². The van der Waals surface area contributed by atoms with Gasteiger partial charge in [-0.05, 0) is 24.3 Å². The van der Waals surface area contributed by atoms with E-state index < -0.39 is 6.09 Å². The van der Waals surface area contributed by atoms with Crippen molar-refractivity contribution >= 4 is 22.8 Å². The number of phenolic OH excluding ortho intramolecular Hbond substituents is 1. The van der Waals surface area contributed by atoms with Gasteiger partial charge < -0.3 is 20.5 Å². The molecule has 134 valence electrons. The molecule has 0 aliphatic carbocycles. The molecule has 0 saturated heterocycles. The summed E-state index contributed by atoms with van der Waals surface area (Å²) >= 11 is 0. The molecule has 0 fully saturated rings. The van der Waals surface area contributed by atoms with Gasteiger partial charge in [-0.15, -0.1) is 0 Å². The molecule has 0 bridgehead atoms. The van der Waals surface area contributed by atoms with Crippen LogP contribution in [0, 0.1) is 0 Å². The summed E-state index contributed by atoms with van der Waals surface area (Å²) in [5, 5.41) is 17.2. The summed E-state index contributed by atoms with van der Waals surface area (Å²) < 4.78 is 4.97. The molecule has 2 amide bonds. The van der Waals surface area contributed by atoms with E-state index in [1.165, 1.54) is 0 Å². The van der Waals surface area contributed by atoms with Gasteiger partial charge in [0.05, 0.1) is 12.2 Å². The monoisotopic (exact) mass is 344 g/mol. The molecule has 0 aliphatic rings. The molecule has 0 unspecified atom stereocenters. The van der Waals surface area contributed by atoms with Crippen molar-refractivity contribution in [1.82, 2.24) is 10.6 Å². The van der Waals surface area contributed by atoms with Gasteiger partial charge in [0.25, 0.3) is 5.91 Å². The van der Waals surface area contributed by atoms with E-state index in [1.54, 1.807) is 18.2 Å². The lowest BCUT2D eigenvalue weighted by Crippen LogP contribution is -2.30. The van der Waals surface area contributed by atoms with Crippen molar-refractivity contribution in [2.45, 2.75) is 26.2 Å². The first-order valence-corrected chi connectivity index (χ1v) is 8.53. The van der Waals surface area contributed by atoms with E-state index in [2.05, 4.69) is 10.6 Å². The Morgan fingerprint density at radius 3 is 2.60 bits per heavy atom. The maximum Gasteiger partial charge on any atom is 0.407 e. The van der Waals surface area contributed by atoms with Crippen LogP contribution < -0.4 is 10.6 Å². The zero-order valence-corrected chi connectivity index (χ0v) is 14.4. The molecule has 6 heteroatoms. The van der Waals surface area contributed by atoms with E-state index in [4.69, 9.17) is 4.74 Å². The van der Waals surface area contributed by atoms with Crippen molar-refractivity contribution < 1.29 is 19.4 Å². The predicted molar refractivity (Wildman–Crippen MR) is 96.8 cm³/mol. The minimum Gasteiger partial charge on any atom is -0.506 e. The third-order valence-corrected chi connectivity index (χ3v) is 3.78. The van der Waals surface area contributed by atoms with E-state index >= 15 is 0 Å². The van der Waals surface area contributed by atoms with Crippen molar-refractivity contribution in [3.05, 3.63) is 42.0 Å². The Bertz CT molecular complexity index is 730. The van der Waals surface area contributed by atoms with Gasteiger partial charge in [0.15, 0.2) is 0 Å². The highest BCUT2D eigenvalue weighted by Gasteiger charge is 2.13. The zero-order chi connectivity index (χ0) is 18.1. The van der Waals surface area contributed by atoms with Crippen LogP contribution >= 0.6 is 0 Å². The largest absolute Gasteiger partial charge is 0.506 e.